The van der Waals surface area contributed by atoms with E-state index in [4.69, 9.17) is 14.2 Å². The number of carbonyl (C=O) groups excluding carboxylic acids is 3. The Kier molecular flexibility index (Phi) is 64.6. The second kappa shape index (κ2) is 66.4. The lowest BCUT2D eigenvalue weighted by Crippen LogP contribution is -2.30. The molecule has 0 aromatic rings. The summed E-state index contributed by atoms with van der Waals surface area (Å²) in [5, 5.41) is 0. The molecule has 1 atom stereocenters. The monoisotopic (exact) mass is 1080 g/mol. The predicted octanol–water partition coefficient (Wildman–Crippen LogP) is 23.8. The van der Waals surface area contributed by atoms with E-state index in [1.807, 2.05) is 0 Å². The zero-order valence-electron chi connectivity index (χ0n) is 52.3. The van der Waals surface area contributed by atoms with Gasteiger partial charge in [-0.2, -0.15) is 0 Å². The number of esters is 3. The van der Waals surface area contributed by atoms with Crippen molar-refractivity contribution >= 4 is 17.9 Å². The third-order valence-corrected chi connectivity index (χ3v) is 15.9. The molecule has 454 valence electrons. The second-order valence-corrected chi connectivity index (χ2v) is 23.8. The molecule has 0 N–H and O–H groups in total. The molecule has 0 aromatic heterocycles. The van der Waals surface area contributed by atoms with E-state index in [9.17, 15) is 14.4 Å². The molecule has 6 heteroatoms. The van der Waals surface area contributed by atoms with Crippen LogP contribution in [-0.4, -0.2) is 37.2 Å². The Bertz CT molecular complexity index is 1240. The molecule has 0 amide bonds. The van der Waals surface area contributed by atoms with E-state index < -0.39 is 6.10 Å². The van der Waals surface area contributed by atoms with E-state index in [2.05, 4.69) is 45.1 Å². The van der Waals surface area contributed by atoms with Crippen LogP contribution in [0.5, 0.6) is 0 Å². The number of allylic oxidation sites excluding steroid dienone is 4. The summed E-state index contributed by atoms with van der Waals surface area (Å²) in [5.74, 6) is -0.843. The van der Waals surface area contributed by atoms with Crippen LogP contribution in [0.15, 0.2) is 24.3 Å². The van der Waals surface area contributed by atoms with Gasteiger partial charge in [0.15, 0.2) is 6.10 Å². The molecule has 0 saturated carbocycles. The summed E-state index contributed by atoms with van der Waals surface area (Å²) in [5.41, 5.74) is 0. The summed E-state index contributed by atoms with van der Waals surface area (Å²) in [6, 6.07) is 0. The van der Waals surface area contributed by atoms with Gasteiger partial charge < -0.3 is 14.2 Å². The molecule has 0 radical (unpaired) electrons. The predicted molar refractivity (Wildman–Crippen MR) is 335 cm³/mol. The maximum Gasteiger partial charge on any atom is 0.306 e. The average molecular weight is 1080 g/mol. The highest BCUT2D eigenvalue weighted by molar-refractivity contribution is 5.71. The fourth-order valence-corrected chi connectivity index (χ4v) is 10.7. The lowest BCUT2D eigenvalue weighted by atomic mass is 10.0. The van der Waals surface area contributed by atoms with Gasteiger partial charge in [-0.15, -0.1) is 0 Å². The van der Waals surface area contributed by atoms with Crippen LogP contribution in [0.2, 0.25) is 0 Å². The summed E-state index contributed by atoms with van der Waals surface area (Å²) < 4.78 is 17.0. The molecule has 0 rings (SSSR count). The molecule has 0 aliphatic heterocycles. The summed E-state index contributed by atoms with van der Waals surface area (Å²) >= 11 is 0. The highest BCUT2D eigenvalue weighted by Gasteiger charge is 2.19. The molecule has 0 heterocycles. The van der Waals surface area contributed by atoms with Gasteiger partial charge in [0.05, 0.1) is 0 Å². The zero-order chi connectivity index (χ0) is 55.7. The van der Waals surface area contributed by atoms with Crippen LogP contribution in [0, 0.1) is 0 Å². The van der Waals surface area contributed by atoms with Crippen molar-refractivity contribution in [3.05, 3.63) is 24.3 Å². The van der Waals surface area contributed by atoms with Crippen molar-refractivity contribution in [2.24, 2.45) is 0 Å². The molecule has 0 aliphatic carbocycles. The van der Waals surface area contributed by atoms with E-state index in [1.165, 1.54) is 295 Å². The van der Waals surface area contributed by atoms with Gasteiger partial charge in [0.25, 0.3) is 0 Å². The van der Waals surface area contributed by atoms with E-state index >= 15 is 0 Å². The molecule has 0 aromatic carbocycles. The van der Waals surface area contributed by atoms with Gasteiger partial charge in [0, 0.05) is 19.3 Å². The molecule has 0 spiro atoms. The first-order valence-corrected chi connectivity index (χ1v) is 34.8. The minimum absolute atomic E-state index is 0.0678. The van der Waals surface area contributed by atoms with Crippen molar-refractivity contribution < 1.29 is 28.6 Å². The third-order valence-electron chi connectivity index (χ3n) is 15.9. The molecule has 0 bridgehead atoms. The van der Waals surface area contributed by atoms with Gasteiger partial charge in [-0.05, 0) is 70.6 Å². The van der Waals surface area contributed by atoms with Crippen molar-refractivity contribution in [1.82, 2.24) is 0 Å². The summed E-state index contributed by atoms with van der Waals surface area (Å²) in [6.45, 7) is 6.71. The second-order valence-electron chi connectivity index (χ2n) is 23.8. The van der Waals surface area contributed by atoms with Crippen LogP contribution in [0.4, 0.5) is 0 Å². The van der Waals surface area contributed by atoms with Crippen molar-refractivity contribution in [3.8, 4) is 0 Å². The zero-order valence-corrected chi connectivity index (χ0v) is 52.3. The maximum absolute atomic E-state index is 12.9. The van der Waals surface area contributed by atoms with E-state index in [0.717, 1.165) is 57.8 Å². The van der Waals surface area contributed by atoms with Gasteiger partial charge >= 0.3 is 17.9 Å². The van der Waals surface area contributed by atoms with E-state index in [1.54, 1.807) is 0 Å². The molecular weight excluding hydrogens is 949 g/mol. The van der Waals surface area contributed by atoms with Gasteiger partial charge in [0.2, 0.25) is 0 Å². The molecule has 0 saturated heterocycles. The van der Waals surface area contributed by atoms with Gasteiger partial charge in [-0.25, -0.2) is 0 Å². The Balaban J connectivity index is 4.29. The number of unbranched alkanes of at least 4 members (excludes halogenated alkanes) is 50. The minimum Gasteiger partial charge on any atom is -0.462 e. The molecule has 6 nitrogen and oxygen atoms in total. The van der Waals surface area contributed by atoms with Crippen molar-refractivity contribution in [1.29, 1.82) is 0 Å². The molecule has 1 unspecified atom stereocenters. The van der Waals surface area contributed by atoms with Crippen LogP contribution in [0.25, 0.3) is 0 Å². The third kappa shape index (κ3) is 64.6. The molecule has 0 aliphatic rings. The van der Waals surface area contributed by atoms with E-state index in [-0.39, 0.29) is 31.1 Å². The normalized spacial score (nSPS) is 12.1. The SMILES string of the molecule is CCCCCCCC/C=C\CCCCCCCCCCCC(=O)OC(COC(=O)CCCCCCCCC/C=C\CCCCCCCC)COC(=O)CCCCCCCCCCCCCCCCCCCCCCCCC. The first kappa shape index (κ1) is 74.9. The highest BCUT2D eigenvalue weighted by atomic mass is 16.6. The van der Waals surface area contributed by atoms with Gasteiger partial charge in [-0.1, -0.05) is 328 Å². The Labute approximate surface area is 481 Å². The van der Waals surface area contributed by atoms with Crippen LogP contribution in [0.1, 0.15) is 393 Å². The number of hydrogen-bond acceptors (Lipinski definition) is 6. The largest absolute Gasteiger partial charge is 0.462 e. The molecular formula is C71H134O6. The first-order valence-electron chi connectivity index (χ1n) is 34.8. The lowest BCUT2D eigenvalue weighted by molar-refractivity contribution is -0.167. The topological polar surface area (TPSA) is 78.9 Å². The van der Waals surface area contributed by atoms with Crippen molar-refractivity contribution in [2.45, 2.75) is 399 Å². The van der Waals surface area contributed by atoms with Crippen molar-refractivity contribution in [3.63, 3.8) is 0 Å². The standard InChI is InChI=1S/C71H134O6/c1-4-7-10-13-16-19-22-25-28-31-33-34-35-36-38-40-43-46-49-52-55-58-61-64-70(73)76-67-68(66-75-69(72)63-60-57-54-51-48-45-42-39-30-27-24-21-18-15-12-9-6-3)77-71(74)65-62-59-56-53-50-47-44-41-37-32-29-26-23-20-17-14-11-8-5-2/h26-27,29-30,68H,4-25,28,31-67H2,1-3H3/b29-26-,30-27-. The molecule has 77 heavy (non-hydrogen) atoms. The maximum atomic E-state index is 12.9. The molecule has 0 fully saturated rings. The Morgan fingerprint density at radius 2 is 0.429 bits per heavy atom. The Morgan fingerprint density at radius 1 is 0.247 bits per heavy atom. The van der Waals surface area contributed by atoms with Crippen LogP contribution < -0.4 is 0 Å². The average Bonchev–Trinajstić information content (AvgIpc) is 3.43. The van der Waals surface area contributed by atoms with Gasteiger partial charge in [-0.3, -0.25) is 14.4 Å². The number of ether oxygens (including phenoxy) is 3. The fourth-order valence-electron chi connectivity index (χ4n) is 10.7. The smallest absolute Gasteiger partial charge is 0.306 e. The first-order chi connectivity index (χ1) is 38.0. The van der Waals surface area contributed by atoms with E-state index in [0.29, 0.717) is 19.3 Å². The van der Waals surface area contributed by atoms with Gasteiger partial charge in [0.1, 0.15) is 13.2 Å². The minimum atomic E-state index is -0.772. The fraction of sp³-hybridized carbons (Fsp3) is 0.901. The van der Waals surface area contributed by atoms with Crippen LogP contribution in [0.3, 0.4) is 0 Å². The quantitative estimate of drug-likeness (QED) is 0.0261. The van der Waals surface area contributed by atoms with Crippen LogP contribution >= 0.6 is 0 Å². The summed E-state index contributed by atoms with van der Waals surface area (Å²) in [4.78, 5) is 38.4. The summed E-state index contributed by atoms with van der Waals surface area (Å²) in [6.07, 6.45) is 80.5. The number of hydrogen-bond donors (Lipinski definition) is 0. The van der Waals surface area contributed by atoms with Crippen molar-refractivity contribution in [2.75, 3.05) is 13.2 Å². The Hall–Kier alpha value is -2.11. The lowest BCUT2D eigenvalue weighted by Gasteiger charge is -2.18. The Morgan fingerprint density at radius 3 is 0.649 bits per heavy atom. The summed E-state index contributed by atoms with van der Waals surface area (Å²) in [7, 11) is 0. The highest BCUT2D eigenvalue weighted by Crippen LogP contribution is 2.18. The van der Waals surface area contributed by atoms with Crippen LogP contribution in [-0.2, 0) is 28.6 Å². The number of carbonyl (C=O) groups is 3. The number of rotatable bonds is 65.